The second kappa shape index (κ2) is 12.3. The van der Waals surface area contributed by atoms with E-state index >= 15 is 0 Å². The molecule has 216 valence electrons. The molecule has 0 radical (unpaired) electrons. The van der Waals surface area contributed by atoms with Crippen molar-refractivity contribution < 1.29 is 33.3 Å². The molecular weight excluding hydrogens is 528 g/mol. The number of aromatic amines is 1. The largest absolute Gasteiger partial charge is 0.496 e. The maximum absolute atomic E-state index is 12.7. The quantitative estimate of drug-likeness (QED) is 0.269. The Bertz CT molecular complexity index is 1390. The number of carbonyl (C=O) groups is 3. The molecule has 1 aromatic heterocycles. The summed E-state index contributed by atoms with van der Waals surface area (Å²) >= 11 is 0. The SMILES string of the molecule is COc1cc(OCC(=O)Nc2cc([C@H]3CC[C@@H](OC(=O)NC4(C)CC4)C3)[nH]n2)c(C=O)c(OCc2ccccc2)c1. The summed E-state index contributed by atoms with van der Waals surface area (Å²) in [6.07, 6.45) is 4.34. The number of alkyl carbamates (subject to hydrolysis) is 1. The van der Waals surface area contributed by atoms with Crippen LogP contribution in [0.1, 0.15) is 66.6 Å². The van der Waals surface area contributed by atoms with Crippen LogP contribution in [0.4, 0.5) is 10.6 Å². The van der Waals surface area contributed by atoms with Gasteiger partial charge in [0.1, 0.15) is 30.0 Å². The first-order chi connectivity index (χ1) is 19.8. The van der Waals surface area contributed by atoms with Gasteiger partial charge >= 0.3 is 6.09 Å². The van der Waals surface area contributed by atoms with Gasteiger partial charge in [-0.2, -0.15) is 5.10 Å². The Morgan fingerprint density at radius 3 is 2.56 bits per heavy atom. The standard InChI is InChI=1S/C30H34N4O7/c1-30(10-11-30)32-29(37)41-21-9-8-20(12-21)24-15-27(34-33-24)31-28(36)18-40-26-14-22(38-2)13-25(23(26)16-35)39-17-19-6-4-3-5-7-19/h3-7,13-16,20-21H,8-12,17-18H2,1-2H3,(H,32,37)(H2,31,33,34,36)/t20-,21+/m0/s1. The number of hydrogen-bond donors (Lipinski definition) is 3. The molecule has 2 aromatic carbocycles. The predicted octanol–water partition coefficient (Wildman–Crippen LogP) is 4.74. The summed E-state index contributed by atoms with van der Waals surface area (Å²) in [4.78, 5) is 36.7. The minimum atomic E-state index is -0.452. The number of aromatic nitrogens is 2. The topological polar surface area (TPSA) is 141 Å². The Morgan fingerprint density at radius 1 is 1.10 bits per heavy atom. The van der Waals surface area contributed by atoms with Gasteiger partial charge in [-0.1, -0.05) is 30.3 Å². The van der Waals surface area contributed by atoms with Crippen LogP contribution in [0.2, 0.25) is 0 Å². The molecule has 0 unspecified atom stereocenters. The van der Waals surface area contributed by atoms with Crippen molar-refractivity contribution in [1.82, 2.24) is 15.5 Å². The van der Waals surface area contributed by atoms with E-state index in [4.69, 9.17) is 18.9 Å². The van der Waals surface area contributed by atoms with Gasteiger partial charge in [0.2, 0.25) is 0 Å². The summed E-state index contributed by atoms with van der Waals surface area (Å²) in [5, 5.41) is 12.8. The Kier molecular flexibility index (Phi) is 8.42. The molecule has 0 bridgehead atoms. The average molecular weight is 563 g/mol. The van der Waals surface area contributed by atoms with Crippen LogP contribution < -0.4 is 24.8 Å². The second-order valence-electron chi connectivity index (χ2n) is 10.7. The lowest BCUT2D eigenvalue weighted by Crippen LogP contribution is -2.36. The highest BCUT2D eigenvalue weighted by atomic mass is 16.6. The molecule has 5 rings (SSSR count). The van der Waals surface area contributed by atoms with E-state index in [0.29, 0.717) is 24.3 Å². The van der Waals surface area contributed by atoms with Crippen molar-refractivity contribution in [1.29, 1.82) is 0 Å². The number of nitrogens with one attached hydrogen (secondary N) is 3. The fraction of sp³-hybridized carbons (Fsp3) is 0.400. The van der Waals surface area contributed by atoms with Gasteiger partial charge in [0, 0.05) is 35.3 Å². The third-order valence-corrected chi connectivity index (χ3v) is 7.39. The number of rotatable bonds is 12. The minimum Gasteiger partial charge on any atom is -0.496 e. The number of amides is 2. The highest BCUT2D eigenvalue weighted by Gasteiger charge is 2.40. The molecule has 0 aliphatic heterocycles. The first-order valence-corrected chi connectivity index (χ1v) is 13.6. The Morgan fingerprint density at radius 2 is 1.85 bits per heavy atom. The number of hydrogen-bond acceptors (Lipinski definition) is 8. The molecule has 3 aromatic rings. The molecule has 11 nitrogen and oxygen atoms in total. The van der Waals surface area contributed by atoms with E-state index in [1.165, 1.54) is 13.2 Å². The van der Waals surface area contributed by atoms with Crippen molar-refractivity contribution in [2.75, 3.05) is 19.0 Å². The van der Waals surface area contributed by atoms with E-state index in [1.54, 1.807) is 12.1 Å². The van der Waals surface area contributed by atoms with Crippen LogP contribution in [0.5, 0.6) is 17.2 Å². The molecule has 0 spiro atoms. The molecule has 2 saturated carbocycles. The van der Waals surface area contributed by atoms with Crippen LogP contribution in [0.3, 0.4) is 0 Å². The summed E-state index contributed by atoms with van der Waals surface area (Å²) in [6, 6.07) is 14.4. The smallest absolute Gasteiger partial charge is 0.407 e. The van der Waals surface area contributed by atoms with Gasteiger partial charge in [0.05, 0.1) is 12.7 Å². The normalized spacial score (nSPS) is 18.7. The Hall–Kier alpha value is -4.54. The van der Waals surface area contributed by atoms with Crippen LogP contribution >= 0.6 is 0 Å². The summed E-state index contributed by atoms with van der Waals surface area (Å²) in [6.45, 7) is 1.90. The van der Waals surface area contributed by atoms with E-state index in [9.17, 15) is 14.4 Å². The van der Waals surface area contributed by atoms with Crippen molar-refractivity contribution >= 4 is 24.1 Å². The highest BCUT2D eigenvalue weighted by Crippen LogP contribution is 2.38. The molecule has 41 heavy (non-hydrogen) atoms. The van der Waals surface area contributed by atoms with Crippen molar-refractivity contribution in [3.8, 4) is 17.2 Å². The summed E-state index contributed by atoms with van der Waals surface area (Å²) < 4.78 is 22.5. The number of benzene rings is 2. The van der Waals surface area contributed by atoms with Crippen LogP contribution in [0.15, 0.2) is 48.5 Å². The van der Waals surface area contributed by atoms with E-state index in [-0.39, 0.29) is 53.9 Å². The molecule has 3 N–H and O–H groups in total. The lowest BCUT2D eigenvalue weighted by molar-refractivity contribution is -0.118. The number of H-pyrrole nitrogens is 1. The second-order valence-corrected chi connectivity index (χ2v) is 10.7. The molecule has 0 saturated heterocycles. The average Bonchev–Trinajstić information content (AvgIpc) is 3.31. The van der Waals surface area contributed by atoms with E-state index < -0.39 is 5.91 Å². The summed E-state index contributed by atoms with van der Waals surface area (Å²) in [5.74, 6) is 0.910. The maximum Gasteiger partial charge on any atom is 0.407 e. The molecule has 2 aliphatic rings. The third-order valence-electron chi connectivity index (χ3n) is 7.39. The van der Waals surface area contributed by atoms with Crippen molar-refractivity contribution in [3.05, 3.63) is 65.4 Å². The van der Waals surface area contributed by atoms with Gasteiger partial charge in [0.15, 0.2) is 18.7 Å². The first-order valence-electron chi connectivity index (χ1n) is 13.6. The number of methoxy groups -OCH3 is 1. The van der Waals surface area contributed by atoms with Crippen LogP contribution in [0, 0.1) is 0 Å². The van der Waals surface area contributed by atoms with E-state index in [2.05, 4.69) is 20.8 Å². The fourth-order valence-corrected chi connectivity index (χ4v) is 4.79. The Balaban J connectivity index is 1.14. The van der Waals surface area contributed by atoms with Crippen LogP contribution in [-0.4, -0.2) is 53.8 Å². The van der Waals surface area contributed by atoms with Crippen molar-refractivity contribution in [2.24, 2.45) is 0 Å². The molecule has 11 heteroatoms. The summed E-state index contributed by atoms with van der Waals surface area (Å²) in [5.41, 5.74) is 1.85. The molecule has 1 heterocycles. The molecule has 2 atom stereocenters. The van der Waals surface area contributed by atoms with Gasteiger partial charge < -0.3 is 29.6 Å². The number of anilines is 1. The van der Waals surface area contributed by atoms with Gasteiger partial charge in [-0.05, 0) is 44.6 Å². The number of nitrogens with zero attached hydrogens (tertiary/aromatic N) is 1. The van der Waals surface area contributed by atoms with Gasteiger partial charge in [-0.3, -0.25) is 14.7 Å². The van der Waals surface area contributed by atoms with Crippen molar-refractivity contribution in [3.63, 3.8) is 0 Å². The lowest BCUT2D eigenvalue weighted by atomic mass is 10.0. The van der Waals surface area contributed by atoms with Gasteiger partial charge in [-0.25, -0.2) is 4.79 Å². The minimum absolute atomic E-state index is 0.116. The lowest BCUT2D eigenvalue weighted by Gasteiger charge is -2.16. The molecule has 2 aliphatic carbocycles. The molecule has 2 amide bonds. The predicted molar refractivity (Wildman–Crippen MR) is 150 cm³/mol. The zero-order valence-corrected chi connectivity index (χ0v) is 23.1. The number of carbonyl (C=O) groups excluding carboxylic acids is 3. The third kappa shape index (κ3) is 7.36. The monoisotopic (exact) mass is 562 g/mol. The van der Waals surface area contributed by atoms with E-state index in [0.717, 1.165) is 36.9 Å². The molecular formula is C30H34N4O7. The summed E-state index contributed by atoms with van der Waals surface area (Å²) in [7, 11) is 1.49. The van der Waals surface area contributed by atoms with Gasteiger partial charge in [0.25, 0.3) is 5.91 Å². The van der Waals surface area contributed by atoms with Crippen molar-refractivity contribution in [2.45, 2.75) is 63.2 Å². The highest BCUT2D eigenvalue weighted by molar-refractivity contribution is 5.91. The molecule has 2 fully saturated rings. The fourth-order valence-electron chi connectivity index (χ4n) is 4.79. The number of ether oxygens (including phenoxy) is 4. The van der Waals surface area contributed by atoms with Crippen LogP contribution in [0.25, 0.3) is 0 Å². The number of aldehydes is 1. The Labute approximate surface area is 237 Å². The van der Waals surface area contributed by atoms with Crippen LogP contribution in [-0.2, 0) is 16.1 Å². The van der Waals surface area contributed by atoms with Gasteiger partial charge in [-0.15, -0.1) is 0 Å². The zero-order valence-electron chi connectivity index (χ0n) is 23.1. The first kappa shape index (κ1) is 28.0. The zero-order chi connectivity index (χ0) is 28.8. The van der Waals surface area contributed by atoms with E-state index in [1.807, 2.05) is 37.3 Å². The maximum atomic E-state index is 12.7.